The van der Waals surface area contributed by atoms with E-state index in [0.29, 0.717) is 5.69 Å². The molecular formula is C12H16NO2. The van der Waals surface area contributed by atoms with Gasteiger partial charge in [-0.3, -0.25) is 4.79 Å². The third-order valence-corrected chi connectivity index (χ3v) is 2.05. The van der Waals surface area contributed by atoms with Gasteiger partial charge < -0.3 is 10.4 Å². The van der Waals surface area contributed by atoms with Crippen LogP contribution in [0.2, 0.25) is 0 Å². The zero-order valence-corrected chi connectivity index (χ0v) is 9.51. The monoisotopic (exact) mass is 206 g/mol. The molecule has 0 heterocycles. The Bertz CT molecular complexity index is 378. The first-order valence-electron chi connectivity index (χ1n) is 4.83. The van der Waals surface area contributed by atoms with E-state index in [0.717, 1.165) is 5.56 Å². The predicted molar refractivity (Wildman–Crippen MR) is 59.9 cm³/mol. The molecule has 15 heavy (non-hydrogen) atoms. The average Bonchev–Trinajstić information content (AvgIpc) is 2.05. The Morgan fingerprint density at radius 1 is 1.47 bits per heavy atom. The molecule has 0 aliphatic rings. The Hall–Kier alpha value is -1.51. The quantitative estimate of drug-likeness (QED) is 0.693. The molecule has 0 atom stereocenters. The molecule has 0 bridgehead atoms. The Balaban J connectivity index is 3.20. The summed E-state index contributed by atoms with van der Waals surface area (Å²) in [5.74, 6) is -0.0337. The maximum Gasteiger partial charge on any atom is 0.221 e. The third kappa shape index (κ3) is 2.98. The second-order valence-electron chi connectivity index (χ2n) is 4.58. The summed E-state index contributed by atoms with van der Waals surface area (Å²) < 4.78 is 0. The molecule has 1 rings (SSSR count). The Morgan fingerprint density at radius 3 is 2.53 bits per heavy atom. The lowest BCUT2D eigenvalue weighted by molar-refractivity contribution is -0.114. The van der Waals surface area contributed by atoms with E-state index in [4.69, 9.17) is 0 Å². The summed E-state index contributed by atoms with van der Waals surface area (Å²) in [6.07, 6.45) is 0. The van der Waals surface area contributed by atoms with Gasteiger partial charge in [0.1, 0.15) is 5.75 Å². The summed E-state index contributed by atoms with van der Waals surface area (Å²) in [7, 11) is 0. The first kappa shape index (κ1) is 11.6. The van der Waals surface area contributed by atoms with Crippen LogP contribution in [0.5, 0.6) is 5.75 Å². The Labute approximate surface area is 90.1 Å². The number of phenolic OH excluding ortho intramolecular Hbond substituents is 1. The van der Waals surface area contributed by atoms with Crippen molar-refractivity contribution in [3.8, 4) is 5.75 Å². The number of aromatic hydroxyl groups is 1. The number of benzene rings is 1. The first-order chi connectivity index (χ1) is 6.80. The normalized spacial score (nSPS) is 11.2. The first-order valence-corrected chi connectivity index (χ1v) is 4.83. The van der Waals surface area contributed by atoms with Crippen molar-refractivity contribution < 1.29 is 9.90 Å². The second-order valence-corrected chi connectivity index (χ2v) is 4.58. The average molecular weight is 206 g/mol. The molecule has 0 aliphatic carbocycles. The number of carbonyl (C=O) groups is 1. The molecule has 1 amide bonds. The molecule has 3 nitrogen and oxygen atoms in total. The third-order valence-electron chi connectivity index (χ3n) is 2.05. The van der Waals surface area contributed by atoms with Gasteiger partial charge in [-0.05, 0) is 23.1 Å². The zero-order chi connectivity index (χ0) is 11.6. The van der Waals surface area contributed by atoms with Crippen molar-refractivity contribution in [2.45, 2.75) is 33.1 Å². The van der Waals surface area contributed by atoms with Crippen LogP contribution >= 0.6 is 0 Å². The molecular weight excluding hydrogens is 190 g/mol. The number of hydrogen-bond acceptors (Lipinski definition) is 2. The van der Waals surface area contributed by atoms with E-state index < -0.39 is 0 Å². The van der Waals surface area contributed by atoms with Gasteiger partial charge in [-0.25, -0.2) is 0 Å². The van der Waals surface area contributed by atoms with E-state index in [1.165, 1.54) is 6.92 Å². The van der Waals surface area contributed by atoms with Crippen molar-refractivity contribution in [3.05, 3.63) is 23.8 Å². The van der Waals surface area contributed by atoms with Crippen molar-refractivity contribution in [3.63, 3.8) is 0 Å². The fourth-order valence-corrected chi connectivity index (χ4v) is 1.39. The second kappa shape index (κ2) is 3.93. The molecule has 0 saturated heterocycles. The van der Waals surface area contributed by atoms with Crippen LogP contribution in [0.1, 0.15) is 33.3 Å². The molecule has 1 aromatic carbocycles. The van der Waals surface area contributed by atoms with Gasteiger partial charge in [0.2, 0.25) is 5.91 Å². The van der Waals surface area contributed by atoms with Crippen LogP contribution in [-0.4, -0.2) is 11.0 Å². The van der Waals surface area contributed by atoms with Crippen molar-refractivity contribution in [2.24, 2.45) is 0 Å². The molecule has 3 heteroatoms. The summed E-state index contributed by atoms with van der Waals surface area (Å²) in [4.78, 5) is 11.0. The Morgan fingerprint density at radius 2 is 2.07 bits per heavy atom. The van der Waals surface area contributed by atoms with Gasteiger partial charge in [0.05, 0.1) is 0 Å². The highest BCUT2D eigenvalue weighted by molar-refractivity contribution is 5.89. The molecule has 1 radical (unpaired) electrons. The minimum atomic E-state index is -0.135. The minimum Gasteiger partial charge on any atom is -0.507 e. The van der Waals surface area contributed by atoms with Gasteiger partial charge in [-0.15, -0.1) is 0 Å². The summed E-state index contributed by atoms with van der Waals surface area (Å²) in [5, 5.41) is 12.1. The summed E-state index contributed by atoms with van der Waals surface area (Å²) in [6, 6.07) is 5.88. The maximum atomic E-state index is 11.0. The van der Waals surface area contributed by atoms with E-state index in [1.807, 2.05) is 20.8 Å². The number of carbonyl (C=O) groups excluding carboxylic acids is 1. The SMILES string of the molecule is CC(=O)Nc1c[c]c(O)cc1C(C)(C)C. The summed E-state index contributed by atoms with van der Waals surface area (Å²) in [5.41, 5.74) is 1.46. The molecule has 0 spiro atoms. The molecule has 0 aliphatic heterocycles. The van der Waals surface area contributed by atoms with E-state index in [9.17, 15) is 9.90 Å². The molecule has 0 unspecified atom stereocenters. The predicted octanol–water partition coefficient (Wildman–Crippen LogP) is 2.45. The zero-order valence-electron chi connectivity index (χ0n) is 9.51. The van der Waals surface area contributed by atoms with Crippen molar-refractivity contribution in [1.82, 2.24) is 0 Å². The standard InChI is InChI=1S/C12H16NO2/c1-8(14)13-11-6-5-9(15)7-10(11)12(2,3)4/h6-7,15H,1-4H3,(H,13,14). The fourth-order valence-electron chi connectivity index (χ4n) is 1.39. The van der Waals surface area contributed by atoms with Crippen LogP contribution in [0, 0.1) is 6.07 Å². The molecule has 2 N–H and O–H groups in total. The van der Waals surface area contributed by atoms with Gasteiger partial charge >= 0.3 is 0 Å². The van der Waals surface area contributed by atoms with Crippen molar-refractivity contribution in [2.75, 3.05) is 5.32 Å². The molecule has 0 saturated carbocycles. The molecule has 1 aromatic rings. The van der Waals surface area contributed by atoms with Crippen molar-refractivity contribution >= 4 is 11.6 Å². The lowest BCUT2D eigenvalue weighted by Gasteiger charge is -2.22. The highest BCUT2D eigenvalue weighted by Gasteiger charge is 2.19. The number of phenols is 1. The van der Waals surface area contributed by atoms with Gasteiger partial charge in [0.15, 0.2) is 0 Å². The lowest BCUT2D eigenvalue weighted by Crippen LogP contribution is -2.16. The van der Waals surface area contributed by atoms with E-state index in [1.54, 1.807) is 12.1 Å². The van der Waals surface area contributed by atoms with Crippen LogP contribution in [-0.2, 0) is 10.2 Å². The highest BCUT2D eigenvalue weighted by atomic mass is 16.3. The van der Waals surface area contributed by atoms with Crippen LogP contribution < -0.4 is 5.32 Å². The largest absolute Gasteiger partial charge is 0.507 e. The number of rotatable bonds is 1. The number of anilines is 1. The topological polar surface area (TPSA) is 49.3 Å². The number of nitrogens with one attached hydrogen (secondary N) is 1. The van der Waals surface area contributed by atoms with Gasteiger partial charge in [0.25, 0.3) is 0 Å². The minimum absolute atomic E-state index is 0.0917. The fraction of sp³-hybridized carbons (Fsp3) is 0.417. The number of amides is 1. The van der Waals surface area contributed by atoms with Gasteiger partial charge in [-0.1, -0.05) is 20.8 Å². The van der Waals surface area contributed by atoms with Gasteiger partial charge in [0, 0.05) is 18.7 Å². The number of hydrogen-bond donors (Lipinski definition) is 2. The van der Waals surface area contributed by atoms with Gasteiger partial charge in [-0.2, -0.15) is 0 Å². The highest BCUT2D eigenvalue weighted by Crippen LogP contribution is 2.31. The lowest BCUT2D eigenvalue weighted by atomic mass is 9.85. The molecule has 0 fully saturated rings. The maximum absolute atomic E-state index is 11.0. The van der Waals surface area contributed by atoms with Crippen molar-refractivity contribution in [1.29, 1.82) is 0 Å². The van der Waals surface area contributed by atoms with Crippen LogP contribution in [0.3, 0.4) is 0 Å². The van der Waals surface area contributed by atoms with Crippen LogP contribution in [0.4, 0.5) is 5.69 Å². The smallest absolute Gasteiger partial charge is 0.221 e. The van der Waals surface area contributed by atoms with E-state index in [-0.39, 0.29) is 17.1 Å². The van der Waals surface area contributed by atoms with E-state index in [2.05, 4.69) is 11.4 Å². The summed E-state index contributed by atoms with van der Waals surface area (Å²) in [6.45, 7) is 7.52. The Kier molecular flexibility index (Phi) is 3.03. The summed E-state index contributed by atoms with van der Waals surface area (Å²) >= 11 is 0. The molecule has 81 valence electrons. The van der Waals surface area contributed by atoms with Crippen LogP contribution in [0.15, 0.2) is 12.1 Å². The molecule has 0 aromatic heterocycles. The van der Waals surface area contributed by atoms with E-state index >= 15 is 0 Å². The van der Waals surface area contributed by atoms with Crippen LogP contribution in [0.25, 0.3) is 0 Å².